The molecule has 0 saturated heterocycles. The molecule has 0 aliphatic rings. The molecule has 2 aromatic carbocycles. The molecular formula is C17H14F2N2. The molecule has 0 saturated carbocycles. The summed E-state index contributed by atoms with van der Waals surface area (Å²) < 4.78 is 26.8. The van der Waals surface area contributed by atoms with E-state index >= 15 is 0 Å². The normalized spacial score (nSPS) is 12.3. The van der Waals surface area contributed by atoms with Crippen molar-refractivity contribution in [2.45, 2.75) is 13.0 Å². The van der Waals surface area contributed by atoms with Crippen molar-refractivity contribution < 1.29 is 8.78 Å². The van der Waals surface area contributed by atoms with Crippen molar-refractivity contribution in [1.82, 2.24) is 4.98 Å². The van der Waals surface area contributed by atoms with Gasteiger partial charge in [0, 0.05) is 28.9 Å². The fourth-order valence-electron chi connectivity index (χ4n) is 2.39. The standard InChI is InChI=1S/C17H14F2N2/c1-11(13-8-7-12(18)10-15(13)19)21-17-6-2-5-16-14(17)4-3-9-20-16/h2-11,21H,1H3. The van der Waals surface area contributed by atoms with Gasteiger partial charge >= 0.3 is 0 Å². The largest absolute Gasteiger partial charge is 0.378 e. The minimum absolute atomic E-state index is 0.281. The highest BCUT2D eigenvalue weighted by Gasteiger charge is 2.12. The van der Waals surface area contributed by atoms with E-state index in [0.29, 0.717) is 5.56 Å². The molecule has 0 aliphatic heterocycles. The van der Waals surface area contributed by atoms with E-state index in [4.69, 9.17) is 0 Å². The molecule has 1 unspecified atom stereocenters. The van der Waals surface area contributed by atoms with Gasteiger partial charge in [-0.25, -0.2) is 8.78 Å². The van der Waals surface area contributed by atoms with E-state index in [1.807, 2.05) is 37.3 Å². The third kappa shape index (κ3) is 2.70. The van der Waals surface area contributed by atoms with E-state index in [1.165, 1.54) is 12.1 Å². The summed E-state index contributed by atoms with van der Waals surface area (Å²) >= 11 is 0. The molecule has 106 valence electrons. The Morgan fingerprint density at radius 3 is 2.71 bits per heavy atom. The zero-order valence-corrected chi connectivity index (χ0v) is 11.5. The van der Waals surface area contributed by atoms with Crippen molar-refractivity contribution in [2.24, 2.45) is 0 Å². The Labute approximate surface area is 121 Å². The smallest absolute Gasteiger partial charge is 0.131 e. The second-order valence-electron chi connectivity index (χ2n) is 4.91. The van der Waals surface area contributed by atoms with Gasteiger partial charge < -0.3 is 5.32 Å². The monoisotopic (exact) mass is 284 g/mol. The van der Waals surface area contributed by atoms with Gasteiger partial charge in [0.15, 0.2) is 0 Å². The lowest BCUT2D eigenvalue weighted by Crippen LogP contribution is -2.09. The van der Waals surface area contributed by atoms with Crippen LogP contribution in [0.4, 0.5) is 14.5 Å². The summed E-state index contributed by atoms with van der Waals surface area (Å²) in [7, 11) is 0. The zero-order valence-electron chi connectivity index (χ0n) is 11.5. The van der Waals surface area contributed by atoms with Crippen molar-refractivity contribution in [3.63, 3.8) is 0 Å². The summed E-state index contributed by atoms with van der Waals surface area (Å²) in [6.45, 7) is 1.84. The molecule has 4 heteroatoms. The van der Waals surface area contributed by atoms with Crippen molar-refractivity contribution in [3.8, 4) is 0 Å². The maximum atomic E-state index is 13.8. The Bertz CT molecular complexity index is 781. The molecule has 3 rings (SSSR count). The molecule has 0 radical (unpaired) electrons. The number of nitrogens with one attached hydrogen (secondary N) is 1. The topological polar surface area (TPSA) is 24.9 Å². The Balaban J connectivity index is 1.94. The second kappa shape index (κ2) is 5.48. The number of benzene rings is 2. The summed E-state index contributed by atoms with van der Waals surface area (Å²) in [5.74, 6) is -1.12. The number of aromatic nitrogens is 1. The van der Waals surface area contributed by atoms with Crippen LogP contribution in [0.5, 0.6) is 0 Å². The van der Waals surface area contributed by atoms with Gasteiger partial charge in [-0.2, -0.15) is 0 Å². The number of fused-ring (bicyclic) bond motifs is 1. The number of rotatable bonds is 3. The van der Waals surface area contributed by atoms with Crippen LogP contribution in [0.3, 0.4) is 0 Å². The molecular weight excluding hydrogens is 270 g/mol. The van der Waals surface area contributed by atoms with Crippen LogP contribution in [0.15, 0.2) is 54.7 Å². The summed E-state index contributed by atoms with van der Waals surface area (Å²) in [5, 5.41) is 4.23. The van der Waals surface area contributed by atoms with Crippen molar-refractivity contribution in [3.05, 3.63) is 71.9 Å². The van der Waals surface area contributed by atoms with Crippen LogP contribution in [0.2, 0.25) is 0 Å². The van der Waals surface area contributed by atoms with Gasteiger partial charge in [0.1, 0.15) is 11.6 Å². The highest BCUT2D eigenvalue weighted by Crippen LogP contribution is 2.27. The highest BCUT2D eigenvalue weighted by molar-refractivity contribution is 5.91. The van der Waals surface area contributed by atoms with E-state index in [-0.39, 0.29) is 6.04 Å². The van der Waals surface area contributed by atoms with Gasteiger partial charge in [0.05, 0.1) is 11.6 Å². The first kappa shape index (κ1) is 13.5. The molecule has 0 amide bonds. The lowest BCUT2D eigenvalue weighted by Gasteiger charge is -2.17. The molecule has 0 fully saturated rings. The molecule has 21 heavy (non-hydrogen) atoms. The number of hydrogen-bond acceptors (Lipinski definition) is 2. The number of pyridine rings is 1. The molecule has 0 bridgehead atoms. The third-order valence-electron chi connectivity index (χ3n) is 3.45. The first-order valence-corrected chi connectivity index (χ1v) is 6.70. The molecule has 2 nitrogen and oxygen atoms in total. The van der Waals surface area contributed by atoms with Gasteiger partial charge in [-0.15, -0.1) is 0 Å². The van der Waals surface area contributed by atoms with Crippen LogP contribution < -0.4 is 5.32 Å². The number of hydrogen-bond donors (Lipinski definition) is 1. The molecule has 0 spiro atoms. The lowest BCUT2D eigenvalue weighted by atomic mass is 10.1. The minimum Gasteiger partial charge on any atom is -0.378 e. The van der Waals surface area contributed by atoms with Crippen LogP contribution in [-0.2, 0) is 0 Å². The SMILES string of the molecule is CC(Nc1cccc2ncccc12)c1ccc(F)cc1F. The minimum atomic E-state index is -0.571. The Kier molecular flexibility index (Phi) is 3.52. The number of anilines is 1. The predicted octanol–water partition coefficient (Wildman–Crippen LogP) is 4.69. The Morgan fingerprint density at radius 1 is 1.05 bits per heavy atom. The summed E-state index contributed by atoms with van der Waals surface area (Å²) in [6.07, 6.45) is 1.73. The highest BCUT2D eigenvalue weighted by atomic mass is 19.1. The third-order valence-corrected chi connectivity index (χ3v) is 3.45. The predicted molar refractivity (Wildman–Crippen MR) is 80.1 cm³/mol. The van der Waals surface area contributed by atoms with E-state index in [2.05, 4.69) is 10.3 Å². The van der Waals surface area contributed by atoms with E-state index in [1.54, 1.807) is 6.20 Å². The average molecular weight is 284 g/mol. The van der Waals surface area contributed by atoms with E-state index in [0.717, 1.165) is 22.7 Å². The van der Waals surface area contributed by atoms with Gasteiger partial charge in [-0.3, -0.25) is 4.98 Å². The summed E-state index contributed by atoms with van der Waals surface area (Å²) in [5.41, 5.74) is 2.17. The van der Waals surface area contributed by atoms with Gasteiger partial charge in [-0.1, -0.05) is 12.1 Å². The second-order valence-corrected chi connectivity index (χ2v) is 4.91. The zero-order chi connectivity index (χ0) is 14.8. The first-order valence-electron chi connectivity index (χ1n) is 6.70. The first-order chi connectivity index (χ1) is 10.1. The Morgan fingerprint density at radius 2 is 1.90 bits per heavy atom. The van der Waals surface area contributed by atoms with Crippen LogP contribution in [0.1, 0.15) is 18.5 Å². The van der Waals surface area contributed by atoms with Crippen molar-refractivity contribution in [1.29, 1.82) is 0 Å². The van der Waals surface area contributed by atoms with Crippen molar-refractivity contribution in [2.75, 3.05) is 5.32 Å². The van der Waals surface area contributed by atoms with Crippen LogP contribution >= 0.6 is 0 Å². The van der Waals surface area contributed by atoms with Crippen molar-refractivity contribution >= 4 is 16.6 Å². The maximum absolute atomic E-state index is 13.8. The average Bonchev–Trinajstić information content (AvgIpc) is 2.47. The van der Waals surface area contributed by atoms with Crippen LogP contribution in [0, 0.1) is 11.6 Å². The molecule has 1 N–H and O–H groups in total. The molecule has 3 aromatic rings. The quantitative estimate of drug-likeness (QED) is 0.755. The fraction of sp³-hybridized carbons (Fsp3) is 0.118. The molecule has 1 heterocycles. The summed E-state index contributed by atoms with van der Waals surface area (Å²) in [6, 6.07) is 12.9. The number of halogens is 2. The van der Waals surface area contributed by atoms with Crippen LogP contribution in [-0.4, -0.2) is 4.98 Å². The van der Waals surface area contributed by atoms with E-state index < -0.39 is 11.6 Å². The molecule has 0 aliphatic carbocycles. The van der Waals surface area contributed by atoms with Crippen LogP contribution in [0.25, 0.3) is 10.9 Å². The van der Waals surface area contributed by atoms with E-state index in [9.17, 15) is 8.78 Å². The number of nitrogens with zero attached hydrogens (tertiary/aromatic N) is 1. The molecule has 1 atom stereocenters. The van der Waals surface area contributed by atoms with Gasteiger partial charge in [-0.05, 0) is 37.3 Å². The lowest BCUT2D eigenvalue weighted by molar-refractivity contribution is 0.566. The fourth-order valence-corrected chi connectivity index (χ4v) is 2.39. The Hall–Kier alpha value is -2.49. The molecule has 1 aromatic heterocycles. The van der Waals surface area contributed by atoms with Gasteiger partial charge in [0.2, 0.25) is 0 Å². The van der Waals surface area contributed by atoms with Gasteiger partial charge in [0.25, 0.3) is 0 Å². The maximum Gasteiger partial charge on any atom is 0.131 e. The summed E-state index contributed by atoms with van der Waals surface area (Å²) in [4.78, 5) is 4.29.